The number of aryl methyl sites for hydroxylation is 1. The van der Waals surface area contributed by atoms with Crippen molar-refractivity contribution in [3.8, 4) is 0 Å². The van der Waals surface area contributed by atoms with Crippen molar-refractivity contribution >= 4 is 38.3 Å². The van der Waals surface area contributed by atoms with Gasteiger partial charge in [-0.3, -0.25) is 9.40 Å². The van der Waals surface area contributed by atoms with E-state index >= 15 is 0 Å². The van der Waals surface area contributed by atoms with Crippen LogP contribution in [-0.4, -0.2) is 18.2 Å². The van der Waals surface area contributed by atoms with Crippen LogP contribution < -0.4 is 4.72 Å². The molecule has 0 spiro atoms. The monoisotopic (exact) mass is 377 g/mol. The molecule has 96 valence electrons. The number of aromatic nitrogens is 2. The van der Waals surface area contributed by atoms with E-state index in [0.717, 1.165) is 3.57 Å². The number of hydrogen-bond acceptors (Lipinski definition) is 3. The largest absolute Gasteiger partial charge is 0.278 e. The van der Waals surface area contributed by atoms with E-state index in [9.17, 15) is 8.42 Å². The summed E-state index contributed by atoms with van der Waals surface area (Å²) in [6, 6.07) is 7.21. The van der Waals surface area contributed by atoms with Crippen LogP contribution in [0.25, 0.3) is 0 Å². The van der Waals surface area contributed by atoms with Crippen molar-refractivity contribution in [2.24, 2.45) is 0 Å². The highest BCUT2D eigenvalue weighted by molar-refractivity contribution is 14.1. The summed E-state index contributed by atoms with van der Waals surface area (Å²) in [4.78, 5) is 0.170. The van der Waals surface area contributed by atoms with Gasteiger partial charge in [-0.2, -0.15) is 5.10 Å². The van der Waals surface area contributed by atoms with Crippen LogP contribution in [0.3, 0.4) is 0 Å². The summed E-state index contributed by atoms with van der Waals surface area (Å²) in [5.74, 6) is 0. The van der Waals surface area contributed by atoms with Gasteiger partial charge in [0.05, 0.1) is 11.9 Å². The van der Waals surface area contributed by atoms with Gasteiger partial charge < -0.3 is 0 Å². The molecular weight excluding hydrogens is 365 g/mol. The van der Waals surface area contributed by atoms with E-state index in [1.54, 1.807) is 16.8 Å². The third-order valence-electron chi connectivity index (χ3n) is 2.36. The predicted molar refractivity (Wildman–Crippen MR) is 77.9 cm³/mol. The SMILES string of the molecule is CCn1cc(S(=O)(=O)Nc2ccccc2I)cn1. The van der Waals surface area contributed by atoms with Crippen LogP contribution in [0, 0.1) is 3.57 Å². The third kappa shape index (κ3) is 2.83. The number of hydrogen-bond donors (Lipinski definition) is 1. The zero-order valence-corrected chi connectivity index (χ0v) is 12.6. The van der Waals surface area contributed by atoms with Gasteiger partial charge in [-0.15, -0.1) is 0 Å². The van der Waals surface area contributed by atoms with Crippen LogP contribution in [0.15, 0.2) is 41.6 Å². The number of benzene rings is 1. The Morgan fingerprint density at radius 2 is 2.11 bits per heavy atom. The molecule has 0 bridgehead atoms. The predicted octanol–water partition coefficient (Wildman–Crippen LogP) is 2.31. The van der Waals surface area contributed by atoms with Crippen molar-refractivity contribution in [1.29, 1.82) is 0 Å². The van der Waals surface area contributed by atoms with Crippen LogP contribution in [0.4, 0.5) is 5.69 Å². The Bertz CT molecular complexity index is 652. The normalized spacial score (nSPS) is 11.4. The Kier molecular flexibility index (Phi) is 3.91. The van der Waals surface area contributed by atoms with Gasteiger partial charge in [0.25, 0.3) is 10.0 Å². The van der Waals surface area contributed by atoms with E-state index in [0.29, 0.717) is 12.2 Å². The van der Waals surface area contributed by atoms with Crippen molar-refractivity contribution in [3.05, 3.63) is 40.2 Å². The van der Waals surface area contributed by atoms with Gasteiger partial charge in [0, 0.05) is 16.3 Å². The van der Waals surface area contributed by atoms with Crippen molar-refractivity contribution in [2.75, 3.05) is 4.72 Å². The molecule has 0 aliphatic carbocycles. The van der Waals surface area contributed by atoms with Crippen molar-refractivity contribution in [1.82, 2.24) is 9.78 Å². The van der Waals surface area contributed by atoms with Crippen LogP contribution in [0.1, 0.15) is 6.92 Å². The fraction of sp³-hybridized carbons (Fsp3) is 0.182. The lowest BCUT2D eigenvalue weighted by Gasteiger charge is -2.07. The summed E-state index contributed by atoms with van der Waals surface area (Å²) in [6.45, 7) is 2.54. The first-order valence-corrected chi connectivity index (χ1v) is 7.89. The first-order chi connectivity index (χ1) is 8.53. The second-order valence-corrected chi connectivity index (χ2v) is 6.46. The summed E-state index contributed by atoms with van der Waals surface area (Å²) < 4.78 is 29.2. The topological polar surface area (TPSA) is 64.0 Å². The number of nitrogens with zero attached hydrogens (tertiary/aromatic N) is 2. The van der Waals surface area contributed by atoms with Gasteiger partial charge in [-0.25, -0.2) is 8.42 Å². The molecule has 0 saturated heterocycles. The van der Waals surface area contributed by atoms with E-state index < -0.39 is 10.0 Å². The summed E-state index contributed by atoms with van der Waals surface area (Å²) in [5, 5.41) is 3.96. The molecule has 18 heavy (non-hydrogen) atoms. The van der Waals surface area contributed by atoms with Gasteiger partial charge >= 0.3 is 0 Å². The van der Waals surface area contributed by atoms with Gasteiger partial charge in [0.15, 0.2) is 0 Å². The van der Waals surface area contributed by atoms with E-state index in [-0.39, 0.29) is 4.90 Å². The Hall–Kier alpha value is -1.09. The molecule has 5 nitrogen and oxygen atoms in total. The average molecular weight is 377 g/mol. The number of halogens is 1. The number of nitrogens with one attached hydrogen (secondary N) is 1. The zero-order valence-electron chi connectivity index (χ0n) is 9.67. The fourth-order valence-electron chi connectivity index (χ4n) is 1.40. The van der Waals surface area contributed by atoms with Gasteiger partial charge in [0.2, 0.25) is 0 Å². The Morgan fingerprint density at radius 1 is 1.39 bits per heavy atom. The van der Waals surface area contributed by atoms with Gasteiger partial charge in [0.1, 0.15) is 4.90 Å². The molecule has 0 saturated carbocycles. The van der Waals surface area contributed by atoms with Crippen molar-refractivity contribution < 1.29 is 8.42 Å². The molecule has 1 aromatic heterocycles. The number of para-hydroxylation sites is 1. The minimum atomic E-state index is -3.56. The standard InChI is InChI=1S/C11H12IN3O2S/c1-2-15-8-9(7-13-15)18(16,17)14-11-6-4-3-5-10(11)12/h3-8,14H,2H2,1H3. The molecule has 0 unspecified atom stereocenters. The minimum absolute atomic E-state index is 0.170. The maximum absolute atomic E-state index is 12.1. The summed E-state index contributed by atoms with van der Waals surface area (Å²) in [7, 11) is -3.56. The maximum Gasteiger partial charge on any atom is 0.265 e. The van der Waals surface area contributed by atoms with E-state index in [1.165, 1.54) is 12.4 Å². The lowest BCUT2D eigenvalue weighted by molar-refractivity contribution is 0.600. The molecule has 1 aromatic carbocycles. The summed E-state index contributed by atoms with van der Waals surface area (Å²) >= 11 is 2.08. The Morgan fingerprint density at radius 3 is 2.72 bits per heavy atom. The molecule has 1 N–H and O–H groups in total. The van der Waals surface area contributed by atoms with Gasteiger partial charge in [-0.05, 0) is 41.6 Å². The highest BCUT2D eigenvalue weighted by Gasteiger charge is 2.17. The molecule has 0 aliphatic heterocycles. The smallest absolute Gasteiger partial charge is 0.265 e. The lowest BCUT2D eigenvalue weighted by atomic mass is 10.3. The zero-order chi connectivity index (χ0) is 13.2. The highest BCUT2D eigenvalue weighted by Crippen LogP contribution is 2.20. The second-order valence-electron chi connectivity index (χ2n) is 3.62. The third-order valence-corrected chi connectivity index (χ3v) is 4.62. The van der Waals surface area contributed by atoms with Crippen molar-refractivity contribution in [2.45, 2.75) is 18.4 Å². The molecule has 0 radical (unpaired) electrons. The van der Waals surface area contributed by atoms with Crippen LogP contribution in [0.5, 0.6) is 0 Å². The van der Waals surface area contributed by atoms with E-state index in [2.05, 4.69) is 32.4 Å². The first kappa shape index (κ1) is 13.3. The molecule has 7 heteroatoms. The highest BCUT2D eigenvalue weighted by atomic mass is 127. The first-order valence-electron chi connectivity index (χ1n) is 5.32. The molecule has 2 rings (SSSR count). The molecular formula is C11H12IN3O2S. The maximum atomic E-state index is 12.1. The number of rotatable bonds is 4. The minimum Gasteiger partial charge on any atom is -0.278 e. The molecule has 0 aliphatic rings. The molecule has 0 amide bonds. The van der Waals surface area contributed by atoms with Crippen LogP contribution in [-0.2, 0) is 16.6 Å². The van der Waals surface area contributed by atoms with Crippen LogP contribution in [0.2, 0.25) is 0 Å². The van der Waals surface area contributed by atoms with Crippen molar-refractivity contribution in [3.63, 3.8) is 0 Å². The Balaban J connectivity index is 2.30. The molecule has 1 heterocycles. The Labute approximate surface area is 119 Å². The fourth-order valence-corrected chi connectivity index (χ4v) is 3.14. The second kappa shape index (κ2) is 5.27. The van der Waals surface area contributed by atoms with Gasteiger partial charge in [-0.1, -0.05) is 12.1 Å². The quantitative estimate of drug-likeness (QED) is 0.832. The molecule has 0 atom stereocenters. The molecule has 0 fully saturated rings. The number of anilines is 1. The summed E-state index contributed by atoms with van der Waals surface area (Å²) in [6.07, 6.45) is 2.86. The molecule has 2 aromatic rings. The lowest BCUT2D eigenvalue weighted by Crippen LogP contribution is -2.13. The number of sulfonamides is 1. The van der Waals surface area contributed by atoms with E-state index in [1.807, 2.05) is 19.1 Å². The summed E-state index contributed by atoms with van der Waals surface area (Å²) in [5.41, 5.74) is 0.572. The van der Waals surface area contributed by atoms with E-state index in [4.69, 9.17) is 0 Å². The van der Waals surface area contributed by atoms with Crippen LogP contribution >= 0.6 is 22.6 Å². The average Bonchev–Trinajstić information content (AvgIpc) is 2.81.